The van der Waals surface area contributed by atoms with Crippen molar-refractivity contribution in [3.8, 4) is 0 Å². The van der Waals surface area contributed by atoms with Gasteiger partial charge in [-0.3, -0.25) is 4.79 Å². The van der Waals surface area contributed by atoms with Crippen LogP contribution in [0.3, 0.4) is 0 Å². The highest BCUT2D eigenvalue weighted by molar-refractivity contribution is 9.10. The van der Waals surface area contributed by atoms with Gasteiger partial charge in [-0.15, -0.1) is 0 Å². The summed E-state index contributed by atoms with van der Waals surface area (Å²) in [5.74, 6) is -4.19. The molecule has 1 aromatic heterocycles. The van der Waals surface area contributed by atoms with Crippen LogP contribution in [0, 0.1) is 0 Å². The quantitative estimate of drug-likeness (QED) is 0.767. The Morgan fingerprint density at radius 2 is 1.88 bits per heavy atom. The Labute approximate surface area is 150 Å². The van der Waals surface area contributed by atoms with Crippen LogP contribution in [0.5, 0.6) is 0 Å². The molecule has 1 saturated carbocycles. The lowest BCUT2D eigenvalue weighted by Crippen LogP contribution is -2.58. The summed E-state index contributed by atoms with van der Waals surface area (Å²) in [6, 6.07) is 6.83. The summed E-state index contributed by atoms with van der Waals surface area (Å²) in [7, 11) is 1.17. The van der Waals surface area contributed by atoms with Gasteiger partial charge in [-0.05, 0) is 37.1 Å². The van der Waals surface area contributed by atoms with Crippen LogP contribution >= 0.6 is 15.9 Å². The minimum absolute atomic E-state index is 0.00807. The van der Waals surface area contributed by atoms with E-state index in [1.165, 1.54) is 7.11 Å². The molecule has 1 N–H and O–H groups in total. The molecule has 1 aliphatic rings. The lowest BCUT2D eigenvalue weighted by Gasteiger charge is -2.37. The highest BCUT2D eigenvalue weighted by atomic mass is 79.9. The van der Waals surface area contributed by atoms with E-state index in [1.54, 1.807) is 24.3 Å². The van der Waals surface area contributed by atoms with E-state index in [2.05, 4.69) is 21.2 Å². The first-order valence-electron chi connectivity index (χ1n) is 7.73. The van der Waals surface area contributed by atoms with Crippen LogP contribution in [0.25, 0.3) is 11.0 Å². The fraction of sp³-hybridized carbons (Fsp3) is 0.412. The molecule has 0 radical (unpaired) electrons. The number of hydrogen-bond donors (Lipinski definition) is 1. The molecular weight excluding hydrogens is 400 g/mol. The zero-order valence-corrected chi connectivity index (χ0v) is 15.0. The van der Waals surface area contributed by atoms with Crippen LogP contribution in [0.15, 0.2) is 33.2 Å². The van der Waals surface area contributed by atoms with Crippen molar-refractivity contribution in [2.45, 2.75) is 37.1 Å². The molecule has 1 aliphatic carbocycles. The summed E-state index contributed by atoms with van der Waals surface area (Å²) >= 11 is 3.31. The van der Waals surface area contributed by atoms with E-state index >= 15 is 0 Å². The van der Waals surface area contributed by atoms with Crippen molar-refractivity contribution in [3.63, 3.8) is 0 Å². The summed E-state index contributed by atoms with van der Waals surface area (Å²) in [6.07, 6.45) is -1.36. The number of nitrogens with one attached hydrogen (secondary N) is 1. The van der Waals surface area contributed by atoms with Gasteiger partial charge in [-0.1, -0.05) is 15.9 Å². The Morgan fingerprint density at radius 3 is 2.52 bits per heavy atom. The molecule has 134 valence electrons. The Kier molecular flexibility index (Phi) is 4.57. The molecule has 0 unspecified atom stereocenters. The van der Waals surface area contributed by atoms with Gasteiger partial charge in [0.1, 0.15) is 11.1 Å². The van der Waals surface area contributed by atoms with Crippen molar-refractivity contribution in [2.75, 3.05) is 7.11 Å². The van der Waals surface area contributed by atoms with E-state index in [9.17, 15) is 18.4 Å². The van der Waals surface area contributed by atoms with Gasteiger partial charge in [0.2, 0.25) is 5.92 Å². The molecule has 25 heavy (non-hydrogen) atoms. The summed E-state index contributed by atoms with van der Waals surface area (Å²) < 4.78 is 38.0. The fourth-order valence-corrected chi connectivity index (χ4v) is 3.35. The van der Waals surface area contributed by atoms with Gasteiger partial charge in [0.15, 0.2) is 5.76 Å². The predicted octanol–water partition coefficient (Wildman–Crippen LogP) is 4.05. The Morgan fingerprint density at radius 1 is 1.20 bits per heavy atom. The molecular formula is C17H16BrF2NO4. The van der Waals surface area contributed by atoms with E-state index < -0.39 is 36.2 Å². The van der Waals surface area contributed by atoms with Crippen LogP contribution < -0.4 is 5.32 Å². The third kappa shape index (κ3) is 3.53. The molecule has 0 aliphatic heterocycles. The highest BCUT2D eigenvalue weighted by Gasteiger charge is 2.49. The highest BCUT2D eigenvalue weighted by Crippen LogP contribution is 2.39. The molecule has 2 aromatic rings. The second-order valence-electron chi connectivity index (χ2n) is 6.18. The summed E-state index contributed by atoms with van der Waals surface area (Å²) in [5.41, 5.74) is -0.964. The van der Waals surface area contributed by atoms with Crippen molar-refractivity contribution in [3.05, 3.63) is 34.5 Å². The number of hydrogen-bond acceptors (Lipinski definition) is 4. The monoisotopic (exact) mass is 415 g/mol. The van der Waals surface area contributed by atoms with Gasteiger partial charge in [0.25, 0.3) is 5.91 Å². The standard InChI is InChI=1S/C17H16BrF2NO4/c1-24-15(23)16(4-6-17(19,20)7-5-16)21-14(22)13-8-10-2-3-11(18)9-12(10)25-13/h2-3,8-9H,4-7H2,1H3,(H,21,22). The Hall–Kier alpha value is -1.96. The Balaban J connectivity index is 1.85. The van der Waals surface area contributed by atoms with Gasteiger partial charge in [-0.25, -0.2) is 13.6 Å². The van der Waals surface area contributed by atoms with Crippen molar-refractivity contribution in [1.82, 2.24) is 5.32 Å². The third-order valence-electron chi connectivity index (χ3n) is 4.47. The zero-order valence-electron chi connectivity index (χ0n) is 13.4. The number of carbonyl (C=O) groups is 2. The molecule has 1 fully saturated rings. The lowest BCUT2D eigenvalue weighted by atomic mass is 9.79. The van der Waals surface area contributed by atoms with Crippen LogP contribution in [0.2, 0.25) is 0 Å². The van der Waals surface area contributed by atoms with E-state index in [0.29, 0.717) is 5.58 Å². The molecule has 1 amide bonds. The van der Waals surface area contributed by atoms with Gasteiger partial charge in [0, 0.05) is 22.7 Å². The van der Waals surface area contributed by atoms with Gasteiger partial charge in [-0.2, -0.15) is 0 Å². The number of benzene rings is 1. The molecule has 3 rings (SSSR count). The van der Waals surface area contributed by atoms with Crippen LogP contribution in [0.4, 0.5) is 8.78 Å². The number of esters is 1. The number of carbonyl (C=O) groups excluding carboxylic acids is 2. The zero-order chi connectivity index (χ0) is 18.2. The molecule has 0 spiro atoms. The van der Waals surface area contributed by atoms with Gasteiger partial charge < -0.3 is 14.5 Å². The van der Waals surface area contributed by atoms with Crippen LogP contribution in [-0.4, -0.2) is 30.4 Å². The maximum absolute atomic E-state index is 13.5. The number of furan rings is 1. The smallest absolute Gasteiger partial charge is 0.331 e. The van der Waals surface area contributed by atoms with E-state index in [0.717, 1.165) is 9.86 Å². The first kappa shape index (κ1) is 17.8. The summed E-state index contributed by atoms with van der Waals surface area (Å²) in [6.45, 7) is 0. The number of alkyl halides is 2. The predicted molar refractivity (Wildman–Crippen MR) is 89.5 cm³/mol. The van der Waals surface area contributed by atoms with Gasteiger partial charge >= 0.3 is 5.97 Å². The average molecular weight is 416 g/mol. The summed E-state index contributed by atoms with van der Waals surface area (Å²) in [5, 5.41) is 3.28. The number of amides is 1. The molecule has 1 heterocycles. The molecule has 0 bridgehead atoms. The van der Waals surface area contributed by atoms with E-state index in [4.69, 9.17) is 9.15 Å². The van der Waals surface area contributed by atoms with Crippen molar-refractivity contribution in [2.24, 2.45) is 0 Å². The Bertz CT molecular complexity index is 823. The minimum atomic E-state index is -2.84. The maximum Gasteiger partial charge on any atom is 0.331 e. The largest absolute Gasteiger partial charge is 0.467 e. The topological polar surface area (TPSA) is 68.5 Å². The molecule has 1 aromatic carbocycles. The normalized spacial score (nSPS) is 18.7. The minimum Gasteiger partial charge on any atom is -0.467 e. The fourth-order valence-electron chi connectivity index (χ4n) is 3.01. The molecule has 0 atom stereocenters. The first-order valence-corrected chi connectivity index (χ1v) is 8.52. The second kappa shape index (κ2) is 6.40. The number of fused-ring (bicyclic) bond motifs is 1. The number of rotatable bonds is 3. The second-order valence-corrected chi connectivity index (χ2v) is 7.09. The van der Waals surface area contributed by atoms with Crippen molar-refractivity contribution >= 4 is 38.8 Å². The lowest BCUT2D eigenvalue weighted by molar-refractivity contribution is -0.153. The SMILES string of the molecule is COC(=O)C1(NC(=O)c2cc3ccc(Br)cc3o2)CCC(F)(F)CC1. The number of ether oxygens (including phenoxy) is 1. The van der Waals surface area contributed by atoms with E-state index in [-0.39, 0.29) is 18.6 Å². The average Bonchev–Trinajstić information content (AvgIpc) is 2.99. The van der Waals surface area contributed by atoms with Crippen LogP contribution in [-0.2, 0) is 9.53 Å². The number of methoxy groups -OCH3 is 1. The number of halogens is 3. The van der Waals surface area contributed by atoms with Crippen molar-refractivity contribution < 1.29 is 27.5 Å². The molecule has 8 heteroatoms. The maximum atomic E-state index is 13.5. The third-order valence-corrected chi connectivity index (χ3v) is 4.96. The molecule has 5 nitrogen and oxygen atoms in total. The molecule has 0 saturated heterocycles. The summed E-state index contributed by atoms with van der Waals surface area (Å²) in [4.78, 5) is 24.7. The van der Waals surface area contributed by atoms with Crippen molar-refractivity contribution in [1.29, 1.82) is 0 Å². The van der Waals surface area contributed by atoms with Crippen LogP contribution in [0.1, 0.15) is 36.2 Å². The van der Waals surface area contributed by atoms with E-state index in [1.807, 2.05) is 0 Å². The first-order chi connectivity index (χ1) is 11.7. The van der Waals surface area contributed by atoms with Gasteiger partial charge in [0.05, 0.1) is 7.11 Å².